The normalized spacial score (nSPS) is 15.7. The highest BCUT2D eigenvalue weighted by molar-refractivity contribution is 5.80. The lowest BCUT2D eigenvalue weighted by Gasteiger charge is -2.34. The molecule has 0 saturated heterocycles. The number of carboxylic acid groups (broad SMARTS) is 1. The first-order valence-electron chi connectivity index (χ1n) is 13.3. The van der Waals surface area contributed by atoms with Gasteiger partial charge in [-0.2, -0.15) is 0 Å². The second-order valence-electron chi connectivity index (χ2n) is 10.4. The van der Waals surface area contributed by atoms with E-state index in [2.05, 4.69) is 0 Å². The molecule has 0 fully saturated rings. The number of ether oxygens (including phenoxy) is 6. The van der Waals surface area contributed by atoms with Crippen molar-refractivity contribution < 1.29 is 52.7 Å². The standard InChI is InChI=1S/C28H43NO11/c1-10-35-25(32)38-20(9)17(6)28(29,24(30)31)14-21-11-12-22(39-26(33)36-18(7)15(2)3)23(13-21)40-27(34)37-19(8)16(4)5/h11-13,15-20H,10,14,29H2,1-9H3,(H,30,31)/t17-,18?,19?,20+,28-/m1/s1. The topological polar surface area (TPSA) is 170 Å². The monoisotopic (exact) mass is 569 g/mol. The number of carboxylic acids is 1. The number of aliphatic carboxylic acids is 1. The molecule has 1 aromatic rings. The molecule has 3 N–H and O–H groups in total. The van der Waals surface area contributed by atoms with Crippen molar-refractivity contribution in [2.75, 3.05) is 6.61 Å². The zero-order valence-corrected chi connectivity index (χ0v) is 24.7. The van der Waals surface area contributed by atoms with Crippen LogP contribution in [0.5, 0.6) is 11.5 Å². The SMILES string of the molecule is CCOC(=O)O[C@@H](C)[C@@H](C)[C@](N)(Cc1ccc(OC(=O)OC(C)C(C)C)c(OC(=O)OC(C)C(C)C)c1)C(=O)O. The molecule has 0 amide bonds. The van der Waals surface area contributed by atoms with Crippen LogP contribution < -0.4 is 15.2 Å². The molecular formula is C28H43NO11. The number of nitrogens with two attached hydrogens (primary N) is 1. The minimum absolute atomic E-state index is 0.0100. The Morgan fingerprint density at radius 1 is 0.775 bits per heavy atom. The summed E-state index contributed by atoms with van der Waals surface area (Å²) in [4.78, 5) is 48.9. The second kappa shape index (κ2) is 15.3. The second-order valence-corrected chi connectivity index (χ2v) is 10.4. The molecule has 0 saturated carbocycles. The third-order valence-corrected chi connectivity index (χ3v) is 6.79. The summed E-state index contributed by atoms with van der Waals surface area (Å²) in [5.41, 5.74) is 4.77. The van der Waals surface area contributed by atoms with E-state index in [9.17, 15) is 24.3 Å². The molecular weight excluding hydrogens is 526 g/mol. The maximum atomic E-state index is 12.5. The van der Waals surface area contributed by atoms with Crippen molar-refractivity contribution in [3.63, 3.8) is 0 Å². The van der Waals surface area contributed by atoms with Crippen LogP contribution in [-0.4, -0.2) is 60.0 Å². The van der Waals surface area contributed by atoms with E-state index in [-0.39, 0.29) is 36.4 Å². The van der Waals surface area contributed by atoms with Gasteiger partial charge < -0.3 is 39.3 Å². The molecule has 0 radical (unpaired) electrons. The van der Waals surface area contributed by atoms with Gasteiger partial charge in [0.1, 0.15) is 23.9 Å². The maximum absolute atomic E-state index is 12.5. The van der Waals surface area contributed by atoms with Gasteiger partial charge in [-0.25, -0.2) is 14.4 Å². The van der Waals surface area contributed by atoms with Gasteiger partial charge in [-0.3, -0.25) is 4.79 Å². The molecule has 0 spiro atoms. The van der Waals surface area contributed by atoms with Crippen molar-refractivity contribution in [2.45, 2.75) is 92.6 Å². The predicted molar refractivity (Wildman–Crippen MR) is 144 cm³/mol. The van der Waals surface area contributed by atoms with Gasteiger partial charge in [-0.15, -0.1) is 0 Å². The zero-order valence-electron chi connectivity index (χ0n) is 24.7. The van der Waals surface area contributed by atoms with E-state index in [0.717, 1.165) is 0 Å². The van der Waals surface area contributed by atoms with E-state index in [4.69, 9.17) is 34.2 Å². The van der Waals surface area contributed by atoms with Crippen LogP contribution in [0.15, 0.2) is 18.2 Å². The highest BCUT2D eigenvalue weighted by Crippen LogP contribution is 2.33. The quantitative estimate of drug-likeness (QED) is 0.178. The lowest BCUT2D eigenvalue weighted by Crippen LogP contribution is -2.58. The van der Waals surface area contributed by atoms with E-state index in [1.54, 1.807) is 20.8 Å². The largest absolute Gasteiger partial charge is 0.514 e. The van der Waals surface area contributed by atoms with Crippen molar-refractivity contribution >= 4 is 24.4 Å². The van der Waals surface area contributed by atoms with Crippen molar-refractivity contribution in [1.29, 1.82) is 0 Å². The fraction of sp³-hybridized carbons (Fsp3) is 0.643. The van der Waals surface area contributed by atoms with Crippen molar-refractivity contribution in [3.05, 3.63) is 23.8 Å². The molecule has 0 aliphatic rings. The summed E-state index contributed by atoms with van der Waals surface area (Å²) in [5, 5.41) is 10.0. The van der Waals surface area contributed by atoms with E-state index in [1.165, 1.54) is 32.0 Å². The van der Waals surface area contributed by atoms with Gasteiger partial charge in [-0.1, -0.05) is 40.7 Å². The van der Waals surface area contributed by atoms with Gasteiger partial charge in [0, 0.05) is 12.3 Å². The van der Waals surface area contributed by atoms with Crippen LogP contribution in [0.3, 0.4) is 0 Å². The summed E-state index contributed by atoms with van der Waals surface area (Å²) < 4.78 is 31.1. The third-order valence-electron chi connectivity index (χ3n) is 6.79. The molecule has 2 unspecified atom stereocenters. The van der Waals surface area contributed by atoms with Gasteiger partial charge >= 0.3 is 24.4 Å². The number of carbonyl (C=O) groups excluding carboxylic acids is 3. The molecule has 1 aromatic carbocycles. The smallest absolute Gasteiger partial charge is 0.480 e. The van der Waals surface area contributed by atoms with Gasteiger partial charge in [0.25, 0.3) is 0 Å². The molecule has 0 bridgehead atoms. The first kappa shape index (κ1) is 34.5. The van der Waals surface area contributed by atoms with Crippen LogP contribution in [0, 0.1) is 17.8 Å². The Kier molecular flexibility index (Phi) is 13.2. The summed E-state index contributed by atoms with van der Waals surface area (Å²) in [6, 6.07) is 4.12. The molecule has 0 heterocycles. The Labute approximate surface area is 235 Å². The van der Waals surface area contributed by atoms with Crippen molar-refractivity contribution in [2.24, 2.45) is 23.5 Å². The molecule has 1 rings (SSSR count). The van der Waals surface area contributed by atoms with Gasteiger partial charge in [0.05, 0.1) is 6.61 Å². The van der Waals surface area contributed by atoms with Crippen LogP contribution in [0.2, 0.25) is 0 Å². The first-order valence-corrected chi connectivity index (χ1v) is 13.3. The fourth-order valence-electron chi connectivity index (χ4n) is 3.22. The Hall–Kier alpha value is -3.54. The molecule has 5 atom stereocenters. The van der Waals surface area contributed by atoms with Crippen LogP contribution in [0.25, 0.3) is 0 Å². The highest BCUT2D eigenvalue weighted by Gasteiger charge is 2.44. The molecule has 40 heavy (non-hydrogen) atoms. The van der Waals surface area contributed by atoms with Crippen LogP contribution in [0.1, 0.15) is 67.9 Å². The Balaban J connectivity index is 3.33. The summed E-state index contributed by atoms with van der Waals surface area (Å²) in [6.07, 6.45) is -5.09. The van der Waals surface area contributed by atoms with Gasteiger partial charge in [0.2, 0.25) is 0 Å². The molecule has 0 aliphatic heterocycles. The van der Waals surface area contributed by atoms with E-state index in [1.807, 2.05) is 27.7 Å². The predicted octanol–water partition coefficient (Wildman–Crippen LogP) is 5.33. The average Bonchev–Trinajstić information content (AvgIpc) is 2.84. The number of hydrogen-bond acceptors (Lipinski definition) is 11. The van der Waals surface area contributed by atoms with Crippen molar-refractivity contribution in [3.8, 4) is 11.5 Å². The summed E-state index contributed by atoms with van der Waals surface area (Å²) in [5.74, 6) is -2.54. The molecule has 226 valence electrons. The summed E-state index contributed by atoms with van der Waals surface area (Å²) in [6.45, 7) is 15.6. The lowest BCUT2D eigenvalue weighted by atomic mass is 9.78. The summed E-state index contributed by atoms with van der Waals surface area (Å²) in [7, 11) is 0. The minimum Gasteiger partial charge on any atom is -0.480 e. The highest BCUT2D eigenvalue weighted by atomic mass is 16.8. The van der Waals surface area contributed by atoms with Crippen molar-refractivity contribution in [1.82, 2.24) is 0 Å². The third kappa shape index (κ3) is 10.2. The maximum Gasteiger partial charge on any atom is 0.514 e. The van der Waals surface area contributed by atoms with Crippen LogP contribution in [0.4, 0.5) is 14.4 Å². The zero-order chi connectivity index (χ0) is 30.8. The Bertz CT molecular complexity index is 1030. The number of benzene rings is 1. The van der Waals surface area contributed by atoms with Gasteiger partial charge in [-0.05, 0) is 57.2 Å². The van der Waals surface area contributed by atoms with Gasteiger partial charge in [0.15, 0.2) is 11.5 Å². The molecule has 0 aliphatic carbocycles. The first-order chi connectivity index (χ1) is 18.5. The number of hydrogen-bond donors (Lipinski definition) is 2. The Morgan fingerprint density at radius 2 is 1.25 bits per heavy atom. The van der Waals surface area contributed by atoms with Crippen LogP contribution in [-0.2, 0) is 30.2 Å². The number of rotatable bonds is 13. The minimum atomic E-state index is -1.91. The fourth-order valence-corrected chi connectivity index (χ4v) is 3.22. The summed E-state index contributed by atoms with van der Waals surface area (Å²) >= 11 is 0. The van der Waals surface area contributed by atoms with E-state index >= 15 is 0 Å². The lowest BCUT2D eigenvalue weighted by molar-refractivity contribution is -0.147. The van der Waals surface area contributed by atoms with E-state index < -0.39 is 54.2 Å². The molecule has 12 heteroatoms. The van der Waals surface area contributed by atoms with Crippen LogP contribution >= 0.6 is 0 Å². The van der Waals surface area contributed by atoms with E-state index in [0.29, 0.717) is 5.56 Å². The average molecular weight is 570 g/mol. The molecule has 12 nitrogen and oxygen atoms in total. The molecule has 0 aromatic heterocycles. The number of carbonyl (C=O) groups is 4. The Morgan fingerprint density at radius 3 is 1.70 bits per heavy atom.